The van der Waals surface area contributed by atoms with Crippen LogP contribution < -0.4 is 10.6 Å². The van der Waals surface area contributed by atoms with Gasteiger partial charge in [-0.15, -0.1) is 0 Å². The first kappa shape index (κ1) is 13.4. The molecule has 0 heterocycles. The van der Waals surface area contributed by atoms with Crippen molar-refractivity contribution in [1.29, 1.82) is 0 Å². The standard InChI is InChI=1S/C9H16N2O4/c1-3-7(12)11-6(9(15)10-2)4-5-8(13)14/h6H,3-5H2,1-2H3,(H,10,15)(H,11,12)(H,13,14). The van der Waals surface area contributed by atoms with Crippen molar-refractivity contribution < 1.29 is 19.5 Å². The van der Waals surface area contributed by atoms with Gasteiger partial charge in [-0.1, -0.05) is 6.92 Å². The van der Waals surface area contributed by atoms with E-state index in [0.717, 1.165) is 0 Å². The summed E-state index contributed by atoms with van der Waals surface area (Å²) in [6.07, 6.45) is 0.212. The Morgan fingerprint density at radius 3 is 2.33 bits per heavy atom. The largest absolute Gasteiger partial charge is 0.481 e. The van der Waals surface area contributed by atoms with Crippen LogP contribution in [0.3, 0.4) is 0 Å². The van der Waals surface area contributed by atoms with Crippen molar-refractivity contribution in [3.8, 4) is 0 Å². The summed E-state index contributed by atoms with van der Waals surface area (Å²) < 4.78 is 0. The molecule has 0 spiro atoms. The van der Waals surface area contributed by atoms with Gasteiger partial charge in [0.25, 0.3) is 0 Å². The molecule has 0 aliphatic carbocycles. The molecule has 15 heavy (non-hydrogen) atoms. The molecule has 0 saturated carbocycles. The second-order valence-corrected chi connectivity index (χ2v) is 3.02. The lowest BCUT2D eigenvalue weighted by Crippen LogP contribution is -2.45. The summed E-state index contributed by atoms with van der Waals surface area (Å²) in [4.78, 5) is 32.6. The van der Waals surface area contributed by atoms with Crippen LogP contribution in [0.5, 0.6) is 0 Å². The molecule has 0 radical (unpaired) electrons. The van der Waals surface area contributed by atoms with E-state index in [1.807, 2.05) is 0 Å². The molecule has 0 aromatic rings. The second kappa shape index (κ2) is 6.80. The van der Waals surface area contributed by atoms with Gasteiger partial charge in [0.15, 0.2) is 0 Å². The van der Waals surface area contributed by atoms with Gasteiger partial charge in [-0.25, -0.2) is 0 Å². The molecule has 3 N–H and O–H groups in total. The van der Waals surface area contributed by atoms with Crippen molar-refractivity contribution in [2.24, 2.45) is 0 Å². The minimum atomic E-state index is -0.991. The van der Waals surface area contributed by atoms with Crippen LogP contribution in [0, 0.1) is 0 Å². The number of amides is 2. The van der Waals surface area contributed by atoms with Crippen LogP contribution in [0.1, 0.15) is 26.2 Å². The van der Waals surface area contributed by atoms with Crippen LogP contribution in [0.2, 0.25) is 0 Å². The summed E-state index contributed by atoms with van der Waals surface area (Å²) in [6, 6.07) is -0.765. The highest BCUT2D eigenvalue weighted by Gasteiger charge is 2.19. The molecule has 0 fully saturated rings. The van der Waals surface area contributed by atoms with Crippen molar-refractivity contribution in [2.75, 3.05) is 7.05 Å². The first-order valence-electron chi connectivity index (χ1n) is 4.74. The van der Waals surface area contributed by atoms with Gasteiger partial charge in [0, 0.05) is 19.9 Å². The van der Waals surface area contributed by atoms with Gasteiger partial charge in [-0.3, -0.25) is 14.4 Å². The van der Waals surface area contributed by atoms with Gasteiger partial charge in [0.05, 0.1) is 0 Å². The first-order chi connectivity index (χ1) is 7.01. The molecule has 6 heteroatoms. The molecule has 0 saturated heterocycles. The van der Waals surface area contributed by atoms with Crippen LogP contribution in [-0.2, 0) is 14.4 Å². The summed E-state index contributed by atoms with van der Waals surface area (Å²) in [5.74, 6) is -1.64. The van der Waals surface area contributed by atoms with Crippen LogP contribution in [0.25, 0.3) is 0 Å². The molecule has 0 aromatic carbocycles. The number of carboxylic acids is 1. The van der Waals surface area contributed by atoms with Crippen LogP contribution >= 0.6 is 0 Å². The summed E-state index contributed by atoms with van der Waals surface area (Å²) in [6.45, 7) is 1.66. The predicted octanol–water partition coefficient (Wildman–Crippen LogP) is -0.508. The van der Waals surface area contributed by atoms with E-state index in [2.05, 4.69) is 10.6 Å². The highest BCUT2D eigenvalue weighted by atomic mass is 16.4. The number of nitrogens with one attached hydrogen (secondary N) is 2. The lowest BCUT2D eigenvalue weighted by atomic mass is 10.1. The van der Waals surface area contributed by atoms with E-state index in [1.54, 1.807) is 6.92 Å². The maximum atomic E-state index is 11.3. The number of hydrogen-bond donors (Lipinski definition) is 3. The smallest absolute Gasteiger partial charge is 0.303 e. The molecule has 6 nitrogen and oxygen atoms in total. The van der Waals surface area contributed by atoms with Crippen molar-refractivity contribution in [1.82, 2.24) is 10.6 Å². The first-order valence-corrected chi connectivity index (χ1v) is 4.74. The Kier molecular flexibility index (Phi) is 6.08. The van der Waals surface area contributed by atoms with Crippen molar-refractivity contribution >= 4 is 17.8 Å². The normalized spacial score (nSPS) is 11.6. The number of likely N-dealkylation sites (N-methyl/N-ethyl adjacent to an activating group) is 1. The summed E-state index contributed by atoms with van der Waals surface area (Å²) in [5, 5.41) is 13.3. The molecule has 2 amide bonds. The summed E-state index contributed by atoms with van der Waals surface area (Å²) in [5.41, 5.74) is 0. The van der Waals surface area contributed by atoms with Crippen molar-refractivity contribution in [3.63, 3.8) is 0 Å². The maximum Gasteiger partial charge on any atom is 0.303 e. The number of carbonyl (C=O) groups is 3. The molecule has 0 rings (SSSR count). The van der Waals surface area contributed by atoms with Gasteiger partial charge in [-0.2, -0.15) is 0 Å². The van der Waals surface area contributed by atoms with E-state index >= 15 is 0 Å². The van der Waals surface area contributed by atoms with Gasteiger partial charge in [-0.05, 0) is 6.42 Å². The number of hydrogen-bond acceptors (Lipinski definition) is 3. The SMILES string of the molecule is CCC(=O)NC(CCC(=O)O)C(=O)NC. The molecule has 0 aromatic heterocycles. The third-order valence-electron chi connectivity index (χ3n) is 1.87. The Hall–Kier alpha value is -1.59. The van der Waals surface area contributed by atoms with Crippen LogP contribution in [0.15, 0.2) is 0 Å². The predicted molar refractivity (Wildman–Crippen MR) is 53.2 cm³/mol. The maximum absolute atomic E-state index is 11.3. The lowest BCUT2D eigenvalue weighted by molar-refractivity contribution is -0.137. The van der Waals surface area contributed by atoms with Gasteiger partial charge in [0.1, 0.15) is 6.04 Å². The Morgan fingerprint density at radius 2 is 1.93 bits per heavy atom. The Morgan fingerprint density at radius 1 is 1.33 bits per heavy atom. The molecule has 1 atom stereocenters. The van der Waals surface area contributed by atoms with Gasteiger partial charge in [0.2, 0.25) is 11.8 Å². The Labute approximate surface area is 88.0 Å². The molecule has 1 unspecified atom stereocenters. The van der Waals surface area contributed by atoms with Crippen LogP contribution in [-0.4, -0.2) is 36.0 Å². The highest BCUT2D eigenvalue weighted by molar-refractivity contribution is 5.87. The monoisotopic (exact) mass is 216 g/mol. The molecular weight excluding hydrogens is 200 g/mol. The quantitative estimate of drug-likeness (QED) is 0.557. The fourth-order valence-corrected chi connectivity index (χ4v) is 1.01. The third-order valence-corrected chi connectivity index (χ3v) is 1.87. The average molecular weight is 216 g/mol. The minimum Gasteiger partial charge on any atom is -0.481 e. The fourth-order valence-electron chi connectivity index (χ4n) is 1.01. The molecular formula is C9H16N2O4. The van der Waals surface area contributed by atoms with E-state index < -0.39 is 12.0 Å². The zero-order valence-corrected chi connectivity index (χ0v) is 8.87. The highest BCUT2D eigenvalue weighted by Crippen LogP contribution is 1.98. The molecule has 0 aliphatic rings. The fraction of sp³-hybridized carbons (Fsp3) is 0.667. The van der Waals surface area contributed by atoms with E-state index in [1.165, 1.54) is 7.05 Å². The Balaban J connectivity index is 4.24. The van der Waals surface area contributed by atoms with E-state index in [-0.39, 0.29) is 31.1 Å². The number of aliphatic carboxylic acids is 1. The van der Waals surface area contributed by atoms with E-state index in [9.17, 15) is 14.4 Å². The third kappa shape index (κ3) is 5.66. The molecule has 86 valence electrons. The minimum absolute atomic E-state index is 0.0980. The number of rotatable bonds is 6. The number of carbonyl (C=O) groups excluding carboxylic acids is 2. The van der Waals surface area contributed by atoms with Gasteiger partial charge < -0.3 is 15.7 Å². The Bertz CT molecular complexity index is 252. The lowest BCUT2D eigenvalue weighted by Gasteiger charge is -2.15. The van der Waals surface area contributed by atoms with Crippen LogP contribution in [0.4, 0.5) is 0 Å². The van der Waals surface area contributed by atoms with Crippen molar-refractivity contribution in [2.45, 2.75) is 32.2 Å². The number of carboxylic acid groups (broad SMARTS) is 1. The summed E-state index contributed by atoms with van der Waals surface area (Å²) >= 11 is 0. The molecule has 0 bridgehead atoms. The van der Waals surface area contributed by atoms with Gasteiger partial charge >= 0.3 is 5.97 Å². The van der Waals surface area contributed by atoms with Crippen molar-refractivity contribution in [3.05, 3.63) is 0 Å². The summed E-state index contributed by atoms with van der Waals surface area (Å²) in [7, 11) is 1.44. The van der Waals surface area contributed by atoms with E-state index in [0.29, 0.717) is 0 Å². The zero-order valence-electron chi connectivity index (χ0n) is 8.87. The second-order valence-electron chi connectivity index (χ2n) is 3.02. The van der Waals surface area contributed by atoms with E-state index in [4.69, 9.17) is 5.11 Å². The molecule has 0 aliphatic heterocycles. The zero-order chi connectivity index (χ0) is 11.8. The average Bonchev–Trinajstić information content (AvgIpc) is 2.22. The topological polar surface area (TPSA) is 95.5 Å².